The van der Waals surface area contributed by atoms with E-state index in [0.29, 0.717) is 25.1 Å². The van der Waals surface area contributed by atoms with Crippen LogP contribution >= 0.6 is 0 Å². The number of Topliss-reactive ketones (excluding diaryl/α,β-unsaturated/α-hetero) is 1. The van der Waals surface area contributed by atoms with Gasteiger partial charge in [-0.05, 0) is 87.8 Å². The number of nitrogens with two attached hydrogens (primary N) is 1. The SMILES string of the molecule is CC/C=C\C/C=C\C/C=C\C/C=C\C/C=C\C/C=C\CC(=O)NC(N)c1ccc(NCc2nc3cc(C(=O)CCCC(=O)OCC)ccc3n2C)cc1. The van der Waals surface area contributed by atoms with E-state index in [0.717, 1.165) is 66.6 Å². The van der Waals surface area contributed by atoms with Gasteiger partial charge in [0.15, 0.2) is 5.78 Å². The van der Waals surface area contributed by atoms with Gasteiger partial charge >= 0.3 is 5.97 Å². The van der Waals surface area contributed by atoms with Crippen molar-refractivity contribution in [3.05, 3.63) is 132 Å². The molecule has 3 rings (SSSR count). The zero-order valence-electron chi connectivity index (χ0n) is 31.6. The van der Waals surface area contributed by atoms with Gasteiger partial charge in [0.2, 0.25) is 5.91 Å². The lowest BCUT2D eigenvalue weighted by Crippen LogP contribution is -2.33. The van der Waals surface area contributed by atoms with Gasteiger partial charge in [0, 0.05) is 37.6 Å². The Kier molecular flexibility index (Phi) is 19.7. The molecule has 9 nitrogen and oxygen atoms in total. The summed E-state index contributed by atoms with van der Waals surface area (Å²) in [5.41, 5.74) is 10.2. The number of aryl methyl sites for hydroxylation is 1. The van der Waals surface area contributed by atoms with Crippen LogP contribution in [0.15, 0.2) is 115 Å². The number of carbonyl (C=O) groups excluding carboxylic acids is 3. The summed E-state index contributed by atoms with van der Waals surface area (Å²) in [6.45, 7) is 4.72. The second kappa shape index (κ2) is 24.8. The van der Waals surface area contributed by atoms with Gasteiger partial charge in [-0.3, -0.25) is 14.4 Å². The van der Waals surface area contributed by atoms with Gasteiger partial charge in [0.05, 0.1) is 24.2 Å². The molecule has 1 atom stereocenters. The van der Waals surface area contributed by atoms with E-state index >= 15 is 0 Å². The average Bonchev–Trinajstić information content (AvgIpc) is 3.47. The monoisotopic (exact) mass is 719 g/mol. The largest absolute Gasteiger partial charge is 0.466 e. The third-order valence-electron chi connectivity index (χ3n) is 8.32. The van der Waals surface area contributed by atoms with Crippen molar-refractivity contribution in [3.8, 4) is 0 Å². The lowest BCUT2D eigenvalue weighted by Gasteiger charge is -2.14. The summed E-state index contributed by atoms with van der Waals surface area (Å²) < 4.78 is 6.93. The summed E-state index contributed by atoms with van der Waals surface area (Å²) >= 11 is 0. The summed E-state index contributed by atoms with van der Waals surface area (Å²) in [4.78, 5) is 41.4. The number of nitrogens with one attached hydrogen (secondary N) is 2. The third kappa shape index (κ3) is 16.3. The van der Waals surface area contributed by atoms with Crippen molar-refractivity contribution in [1.29, 1.82) is 0 Å². The van der Waals surface area contributed by atoms with E-state index in [1.807, 2.05) is 54.1 Å². The van der Waals surface area contributed by atoms with Crippen molar-refractivity contribution in [3.63, 3.8) is 0 Å². The number of amides is 1. The van der Waals surface area contributed by atoms with Gasteiger partial charge in [0.1, 0.15) is 12.0 Å². The number of hydrogen-bond acceptors (Lipinski definition) is 7. The van der Waals surface area contributed by atoms with Crippen molar-refractivity contribution in [1.82, 2.24) is 14.9 Å². The average molecular weight is 720 g/mol. The number of ether oxygens (including phenoxy) is 1. The van der Waals surface area contributed by atoms with E-state index in [1.54, 1.807) is 19.1 Å². The van der Waals surface area contributed by atoms with Gasteiger partial charge < -0.3 is 25.7 Å². The van der Waals surface area contributed by atoms with Crippen LogP contribution in [-0.2, 0) is 27.9 Å². The highest BCUT2D eigenvalue weighted by Crippen LogP contribution is 2.20. The number of aromatic nitrogens is 2. The summed E-state index contributed by atoms with van der Waals surface area (Å²) in [5.74, 6) is 0.372. The van der Waals surface area contributed by atoms with Gasteiger partial charge in [-0.15, -0.1) is 0 Å². The minimum atomic E-state index is -0.613. The minimum Gasteiger partial charge on any atom is -0.466 e. The van der Waals surface area contributed by atoms with E-state index in [1.165, 1.54) is 0 Å². The molecule has 0 aliphatic rings. The molecule has 0 aliphatic carbocycles. The first kappa shape index (κ1) is 42.1. The highest BCUT2D eigenvalue weighted by Gasteiger charge is 2.13. The Morgan fingerprint density at radius 2 is 1.38 bits per heavy atom. The number of anilines is 1. The van der Waals surface area contributed by atoms with E-state index < -0.39 is 6.17 Å². The summed E-state index contributed by atoms with van der Waals surface area (Å²) in [7, 11) is 1.94. The van der Waals surface area contributed by atoms with Crippen molar-refractivity contribution < 1.29 is 19.1 Å². The van der Waals surface area contributed by atoms with E-state index in [4.69, 9.17) is 15.5 Å². The fraction of sp³-hybridized carbons (Fsp3) is 0.364. The molecule has 0 radical (unpaired) electrons. The minimum absolute atomic E-state index is 0.0234. The first-order valence-corrected chi connectivity index (χ1v) is 18.7. The first-order valence-electron chi connectivity index (χ1n) is 18.7. The van der Waals surface area contributed by atoms with E-state index in [-0.39, 0.29) is 36.9 Å². The third-order valence-corrected chi connectivity index (χ3v) is 8.32. The van der Waals surface area contributed by atoms with Crippen LogP contribution in [0.1, 0.15) is 106 Å². The Balaban J connectivity index is 1.33. The Morgan fingerprint density at radius 3 is 1.96 bits per heavy atom. The van der Waals surface area contributed by atoms with Gasteiger partial charge in [0.25, 0.3) is 0 Å². The summed E-state index contributed by atoms with van der Waals surface area (Å²) in [6.07, 6.45) is 31.9. The number of esters is 1. The number of allylic oxidation sites excluding steroid dienone is 11. The molecule has 0 bridgehead atoms. The molecule has 1 heterocycles. The van der Waals surface area contributed by atoms with Crippen molar-refractivity contribution >= 4 is 34.4 Å². The molecule has 0 aliphatic heterocycles. The number of carbonyl (C=O) groups is 3. The maximum absolute atomic E-state index is 12.7. The maximum Gasteiger partial charge on any atom is 0.305 e. The standard InChI is InChI=1S/C44H57N5O4/c1-4-6-7-8-9-10-11-12-13-14-15-16-17-18-19-20-21-22-25-42(51)48-44(45)35-27-30-37(31-28-35)46-34-41-47-38-33-36(29-32-39(38)49(41)3)40(50)24-23-26-43(52)53-5-2/h6-7,9-10,12-13,15-16,18-19,21-22,27-33,44,46H,4-5,8,11,14,17,20,23-26,34,45H2,1-3H3,(H,48,51)/b7-6-,10-9-,13-12-,16-15-,19-18-,22-21-. The number of nitrogens with zero attached hydrogens (tertiary/aromatic N) is 2. The van der Waals surface area contributed by atoms with Gasteiger partial charge in [-0.25, -0.2) is 4.98 Å². The van der Waals surface area contributed by atoms with Crippen molar-refractivity contribution in [2.24, 2.45) is 12.8 Å². The molecule has 1 amide bonds. The molecule has 0 saturated heterocycles. The molecular weight excluding hydrogens is 663 g/mol. The summed E-state index contributed by atoms with van der Waals surface area (Å²) in [6, 6.07) is 13.1. The molecule has 9 heteroatoms. The number of rotatable bonds is 24. The number of ketones is 1. The lowest BCUT2D eigenvalue weighted by molar-refractivity contribution is -0.143. The highest BCUT2D eigenvalue weighted by molar-refractivity contribution is 5.99. The Labute approximate surface area is 315 Å². The van der Waals surface area contributed by atoms with Crippen molar-refractivity contribution in [2.75, 3.05) is 11.9 Å². The molecule has 0 saturated carbocycles. The topological polar surface area (TPSA) is 128 Å². The quantitative estimate of drug-likeness (QED) is 0.0364. The fourth-order valence-corrected chi connectivity index (χ4v) is 5.37. The zero-order chi connectivity index (χ0) is 38.1. The molecule has 4 N–H and O–H groups in total. The Morgan fingerprint density at radius 1 is 0.792 bits per heavy atom. The maximum atomic E-state index is 12.7. The van der Waals surface area contributed by atoms with Gasteiger partial charge in [-0.1, -0.05) is 92.0 Å². The zero-order valence-corrected chi connectivity index (χ0v) is 31.6. The molecule has 53 heavy (non-hydrogen) atoms. The number of fused-ring (bicyclic) bond motifs is 1. The van der Waals surface area contributed by atoms with Crippen LogP contribution in [0.25, 0.3) is 11.0 Å². The van der Waals surface area contributed by atoms with Gasteiger partial charge in [-0.2, -0.15) is 0 Å². The number of benzene rings is 2. The predicted molar refractivity (Wildman–Crippen MR) is 217 cm³/mol. The van der Waals surface area contributed by atoms with Crippen molar-refractivity contribution in [2.45, 2.75) is 90.8 Å². The number of hydrogen-bond donors (Lipinski definition) is 3. The first-order chi connectivity index (χ1) is 25.8. The lowest BCUT2D eigenvalue weighted by atomic mass is 10.0. The van der Waals surface area contributed by atoms with Crippen LogP contribution in [0.2, 0.25) is 0 Å². The second-order valence-corrected chi connectivity index (χ2v) is 12.5. The van der Waals surface area contributed by atoms with Crippen LogP contribution in [0.3, 0.4) is 0 Å². The van der Waals surface area contributed by atoms with Crippen LogP contribution < -0.4 is 16.4 Å². The van der Waals surface area contributed by atoms with Crippen LogP contribution in [0, 0.1) is 0 Å². The molecule has 2 aromatic carbocycles. The molecule has 282 valence electrons. The Hall–Kier alpha value is -5.28. The van der Waals surface area contributed by atoms with E-state index in [9.17, 15) is 14.4 Å². The molecule has 1 aromatic heterocycles. The Bertz CT molecular complexity index is 1760. The smallest absolute Gasteiger partial charge is 0.305 e. The predicted octanol–water partition coefficient (Wildman–Crippen LogP) is 9.26. The highest BCUT2D eigenvalue weighted by atomic mass is 16.5. The molecule has 3 aromatic rings. The normalized spacial score (nSPS) is 12.8. The number of imidazole rings is 1. The van der Waals surface area contributed by atoms with Crippen LogP contribution in [0.5, 0.6) is 0 Å². The van der Waals surface area contributed by atoms with E-state index in [2.05, 4.69) is 78.3 Å². The van der Waals surface area contributed by atoms with Crippen LogP contribution in [-0.4, -0.2) is 33.8 Å². The summed E-state index contributed by atoms with van der Waals surface area (Å²) in [5, 5.41) is 6.24. The molecular formula is C44H57N5O4. The fourth-order valence-electron chi connectivity index (χ4n) is 5.37. The molecule has 0 spiro atoms. The molecule has 0 fully saturated rings. The van der Waals surface area contributed by atoms with Crippen LogP contribution in [0.4, 0.5) is 5.69 Å². The molecule has 1 unspecified atom stereocenters. The second-order valence-electron chi connectivity index (χ2n) is 12.5.